The molecule has 3 nitrogen and oxygen atoms in total. The number of rotatable bonds is 2. The summed E-state index contributed by atoms with van der Waals surface area (Å²) in [6, 6.07) is 11.5. The maximum absolute atomic E-state index is 13.9. The van der Waals surface area contributed by atoms with Crippen LogP contribution in [-0.2, 0) is 0 Å². The third kappa shape index (κ3) is 3.42. The molecule has 1 fully saturated rings. The molecule has 0 aliphatic carbocycles. The average Bonchev–Trinajstić information content (AvgIpc) is 2.93. The number of benzene rings is 2. The molecule has 128 valence electrons. The molecule has 2 aromatic carbocycles. The number of carbonyl (C=O) groups is 1. The van der Waals surface area contributed by atoms with Crippen molar-refractivity contribution in [2.24, 2.45) is 5.73 Å². The molecule has 3 rings (SSSR count). The number of nitrogens with two attached hydrogens (primary N) is 1. The van der Waals surface area contributed by atoms with Crippen molar-refractivity contribution in [2.45, 2.75) is 18.9 Å². The minimum Gasteiger partial charge on any atom is -0.336 e. The number of likely N-dealkylation sites (tertiary alicyclic amines) is 1. The highest BCUT2D eigenvalue weighted by atomic mass is 35.5. The van der Waals surface area contributed by atoms with Crippen LogP contribution >= 0.6 is 12.4 Å². The van der Waals surface area contributed by atoms with Crippen LogP contribution in [0, 0.1) is 18.6 Å². The van der Waals surface area contributed by atoms with E-state index >= 15 is 0 Å². The van der Waals surface area contributed by atoms with Crippen molar-refractivity contribution in [1.29, 1.82) is 0 Å². The molecule has 0 bridgehead atoms. The van der Waals surface area contributed by atoms with Crippen LogP contribution in [0.2, 0.25) is 0 Å². The van der Waals surface area contributed by atoms with Crippen LogP contribution in [0.1, 0.15) is 27.4 Å². The Bertz CT molecular complexity index is 739. The fourth-order valence-corrected chi connectivity index (χ4v) is 3.04. The normalized spacial score (nSPS) is 19.9. The zero-order valence-corrected chi connectivity index (χ0v) is 14.0. The van der Waals surface area contributed by atoms with E-state index < -0.39 is 17.5 Å². The Morgan fingerprint density at radius 2 is 1.79 bits per heavy atom. The molecule has 0 unspecified atom stereocenters. The van der Waals surface area contributed by atoms with Crippen LogP contribution in [0.15, 0.2) is 42.5 Å². The summed E-state index contributed by atoms with van der Waals surface area (Å²) < 4.78 is 27.3. The van der Waals surface area contributed by atoms with E-state index in [2.05, 4.69) is 0 Å². The van der Waals surface area contributed by atoms with Gasteiger partial charge in [0.1, 0.15) is 11.6 Å². The highest BCUT2D eigenvalue weighted by Gasteiger charge is 2.35. The first-order valence-electron chi connectivity index (χ1n) is 7.53. The van der Waals surface area contributed by atoms with Crippen LogP contribution in [0.3, 0.4) is 0 Å². The smallest absolute Gasteiger partial charge is 0.256 e. The zero-order chi connectivity index (χ0) is 16.6. The second kappa shape index (κ2) is 7.28. The second-order valence-corrected chi connectivity index (χ2v) is 5.97. The number of amides is 1. The van der Waals surface area contributed by atoms with Gasteiger partial charge in [0.05, 0.1) is 5.56 Å². The molecule has 2 aromatic rings. The van der Waals surface area contributed by atoms with Gasteiger partial charge in [-0.2, -0.15) is 0 Å². The first kappa shape index (κ1) is 18.4. The molecule has 6 heteroatoms. The maximum Gasteiger partial charge on any atom is 0.256 e. The van der Waals surface area contributed by atoms with E-state index in [1.54, 1.807) is 0 Å². The Balaban J connectivity index is 0.00000208. The molecule has 0 radical (unpaired) electrons. The van der Waals surface area contributed by atoms with Crippen LogP contribution in [0.4, 0.5) is 8.78 Å². The van der Waals surface area contributed by atoms with Crippen LogP contribution in [0.25, 0.3) is 0 Å². The van der Waals surface area contributed by atoms with Gasteiger partial charge in [-0.1, -0.05) is 30.3 Å². The summed E-state index contributed by atoms with van der Waals surface area (Å²) in [7, 11) is 0. The van der Waals surface area contributed by atoms with Gasteiger partial charge in [0, 0.05) is 31.1 Å². The van der Waals surface area contributed by atoms with E-state index in [0.29, 0.717) is 13.1 Å². The van der Waals surface area contributed by atoms with E-state index in [0.717, 1.165) is 11.6 Å². The summed E-state index contributed by atoms with van der Waals surface area (Å²) in [6.07, 6.45) is 0. The van der Waals surface area contributed by atoms with Crippen LogP contribution in [0.5, 0.6) is 0 Å². The van der Waals surface area contributed by atoms with E-state index in [9.17, 15) is 13.6 Å². The van der Waals surface area contributed by atoms with E-state index in [1.807, 2.05) is 30.3 Å². The minimum absolute atomic E-state index is 0. The highest BCUT2D eigenvalue weighted by Crippen LogP contribution is 2.28. The Labute approximate surface area is 145 Å². The van der Waals surface area contributed by atoms with Crippen molar-refractivity contribution in [3.63, 3.8) is 0 Å². The number of carbonyl (C=O) groups excluding carboxylic acids is 1. The van der Waals surface area contributed by atoms with Crippen LogP contribution < -0.4 is 5.73 Å². The molecule has 24 heavy (non-hydrogen) atoms. The molecule has 1 aliphatic rings. The molecule has 2 N–H and O–H groups in total. The highest BCUT2D eigenvalue weighted by molar-refractivity contribution is 5.95. The summed E-state index contributed by atoms with van der Waals surface area (Å²) >= 11 is 0. The second-order valence-electron chi connectivity index (χ2n) is 5.97. The molecular formula is C18H19ClF2N2O. The first-order valence-corrected chi connectivity index (χ1v) is 7.53. The Morgan fingerprint density at radius 3 is 2.46 bits per heavy atom. The van der Waals surface area contributed by atoms with Crippen molar-refractivity contribution in [3.8, 4) is 0 Å². The number of nitrogens with zero attached hydrogens (tertiary/aromatic N) is 1. The number of hydrogen-bond acceptors (Lipinski definition) is 2. The molecule has 1 saturated heterocycles. The van der Waals surface area contributed by atoms with Gasteiger partial charge in [0.15, 0.2) is 0 Å². The molecule has 0 aromatic heterocycles. The van der Waals surface area contributed by atoms with E-state index in [1.165, 1.54) is 17.9 Å². The molecule has 0 saturated carbocycles. The minimum atomic E-state index is -0.838. The number of hydrogen-bond donors (Lipinski definition) is 1. The molecule has 1 aliphatic heterocycles. The van der Waals surface area contributed by atoms with Gasteiger partial charge in [0.25, 0.3) is 5.91 Å². The van der Waals surface area contributed by atoms with Gasteiger partial charge < -0.3 is 10.6 Å². The van der Waals surface area contributed by atoms with Crippen molar-refractivity contribution in [2.75, 3.05) is 13.1 Å². The fraction of sp³-hybridized carbons (Fsp3) is 0.278. The standard InChI is InChI=1S/C18H18F2N2O.ClH/c1-11-7-13(16(20)8-15(11)19)18(23)22-9-14(17(21)10-22)12-5-3-2-4-6-12;/h2-8,14,17H,9-10,21H2,1H3;1H/t14-,17+;/m0./s1. The number of aryl methyl sites for hydroxylation is 1. The summed E-state index contributed by atoms with van der Waals surface area (Å²) in [5.41, 5.74) is 7.36. The third-order valence-corrected chi connectivity index (χ3v) is 4.36. The third-order valence-electron chi connectivity index (χ3n) is 4.36. The zero-order valence-electron chi connectivity index (χ0n) is 13.2. The summed E-state index contributed by atoms with van der Waals surface area (Å²) in [5, 5.41) is 0. The van der Waals surface area contributed by atoms with Gasteiger partial charge in [0.2, 0.25) is 0 Å². The van der Waals surface area contributed by atoms with E-state index in [4.69, 9.17) is 5.73 Å². The number of halogens is 3. The Morgan fingerprint density at radius 1 is 1.12 bits per heavy atom. The fourth-order valence-electron chi connectivity index (χ4n) is 3.04. The molecule has 2 atom stereocenters. The monoisotopic (exact) mass is 352 g/mol. The van der Waals surface area contributed by atoms with Crippen molar-refractivity contribution in [1.82, 2.24) is 4.90 Å². The van der Waals surface area contributed by atoms with Gasteiger partial charge >= 0.3 is 0 Å². The molecule has 1 amide bonds. The van der Waals surface area contributed by atoms with Gasteiger partial charge in [-0.05, 0) is 24.1 Å². The quantitative estimate of drug-likeness (QED) is 0.901. The van der Waals surface area contributed by atoms with Gasteiger partial charge in [-0.3, -0.25) is 4.79 Å². The molecule has 1 heterocycles. The lowest BCUT2D eigenvalue weighted by atomic mass is 9.95. The summed E-state index contributed by atoms with van der Waals surface area (Å²) in [6.45, 7) is 2.29. The van der Waals surface area contributed by atoms with Crippen molar-refractivity contribution >= 4 is 18.3 Å². The van der Waals surface area contributed by atoms with Crippen LogP contribution in [-0.4, -0.2) is 29.9 Å². The predicted molar refractivity (Wildman–Crippen MR) is 91.4 cm³/mol. The van der Waals surface area contributed by atoms with Gasteiger partial charge in [-0.25, -0.2) is 8.78 Å². The van der Waals surface area contributed by atoms with Gasteiger partial charge in [-0.15, -0.1) is 12.4 Å². The SMILES string of the molecule is Cc1cc(C(=O)N2C[C@@H](N)[C@H](c3ccccc3)C2)c(F)cc1F.Cl. The Kier molecular flexibility index (Phi) is 5.57. The molecular weight excluding hydrogens is 334 g/mol. The average molecular weight is 353 g/mol. The van der Waals surface area contributed by atoms with Crippen molar-refractivity contribution in [3.05, 3.63) is 70.8 Å². The lowest BCUT2D eigenvalue weighted by Crippen LogP contribution is -2.32. The topological polar surface area (TPSA) is 46.3 Å². The predicted octanol–water partition coefficient (Wildman–Crippen LogP) is 3.26. The molecule has 0 spiro atoms. The summed E-state index contributed by atoms with van der Waals surface area (Å²) in [5.74, 6) is -1.92. The lowest BCUT2D eigenvalue weighted by Gasteiger charge is -2.17. The largest absolute Gasteiger partial charge is 0.336 e. The lowest BCUT2D eigenvalue weighted by molar-refractivity contribution is 0.0784. The van der Waals surface area contributed by atoms with Crippen molar-refractivity contribution < 1.29 is 13.6 Å². The summed E-state index contributed by atoms with van der Waals surface area (Å²) in [4.78, 5) is 14.1. The van der Waals surface area contributed by atoms with E-state index in [-0.39, 0.29) is 35.5 Å². The maximum atomic E-state index is 13.9. The first-order chi connectivity index (χ1) is 11.0. The Hall–Kier alpha value is -1.98.